The van der Waals surface area contributed by atoms with E-state index in [0.717, 1.165) is 10.1 Å². The smallest absolute Gasteiger partial charge is 0.230 e. The third kappa shape index (κ3) is 6.33. The number of Topliss-reactive ketones (excluding diaryl/α,β-unsaturated/α-hetero) is 1. The molecule has 0 saturated carbocycles. The van der Waals surface area contributed by atoms with Gasteiger partial charge in [-0.25, -0.2) is 4.98 Å². The summed E-state index contributed by atoms with van der Waals surface area (Å²) in [7, 11) is 1.59. The zero-order valence-corrected chi connectivity index (χ0v) is 18.3. The first-order chi connectivity index (χ1) is 14.6. The second-order valence-electron chi connectivity index (χ2n) is 6.23. The number of carbonyl (C=O) groups excluding carboxylic acids is 2. The van der Waals surface area contributed by atoms with Crippen LogP contribution < -0.4 is 14.8 Å². The molecule has 8 heteroatoms. The Balaban J connectivity index is 1.48. The fourth-order valence-electron chi connectivity index (χ4n) is 2.59. The molecule has 0 saturated heterocycles. The van der Waals surface area contributed by atoms with E-state index in [-0.39, 0.29) is 23.9 Å². The van der Waals surface area contributed by atoms with E-state index in [0.29, 0.717) is 29.3 Å². The van der Waals surface area contributed by atoms with Gasteiger partial charge in [-0.05, 0) is 55.5 Å². The average molecular weight is 443 g/mol. The molecule has 1 amide bonds. The van der Waals surface area contributed by atoms with E-state index in [9.17, 15) is 9.59 Å². The van der Waals surface area contributed by atoms with Crippen LogP contribution in [0.5, 0.6) is 11.5 Å². The Morgan fingerprint density at radius 1 is 1.07 bits per heavy atom. The molecule has 0 aliphatic rings. The van der Waals surface area contributed by atoms with Crippen molar-refractivity contribution in [1.82, 2.24) is 4.98 Å². The quantitative estimate of drug-likeness (QED) is 0.362. The zero-order chi connectivity index (χ0) is 21.3. The summed E-state index contributed by atoms with van der Waals surface area (Å²) in [5, 5.41) is 4.69. The van der Waals surface area contributed by atoms with Gasteiger partial charge in [0.1, 0.15) is 11.5 Å². The molecule has 2 aromatic carbocycles. The van der Waals surface area contributed by atoms with Gasteiger partial charge < -0.3 is 14.8 Å². The predicted molar refractivity (Wildman–Crippen MR) is 120 cm³/mol. The summed E-state index contributed by atoms with van der Waals surface area (Å²) in [5.41, 5.74) is 2.02. The molecule has 0 aliphatic carbocycles. The lowest BCUT2D eigenvalue weighted by atomic mass is 10.1. The number of thiazole rings is 1. The Bertz CT molecular complexity index is 985. The topological polar surface area (TPSA) is 77.5 Å². The van der Waals surface area contributed by atoms with Crippen LogP contribution >= 0.6 is 23.1 Å². The van der Waals surface area contributed by atoms with Gasteiger partial charge in [0.2, 0.25) is 5.91 Å². The minimum absolute atomic E-state index is 0.0210. The lowest BCUT2D eigenvalue weighted by Gasteiger charge is -2.06. The number of nitrogens with one attached hydrogen (secondary N) is 1. The van der Waals surface area contributed by atoms with Crippen molar-refractivity contribution in [3.63, 3.8) is 0 Å². The molecule has 30 heavy (non-hydrogen) atoms. The monoisotopic (exact) mass is 442 g/mol. The summed E-state index contributed by atoms with van der Waals surface area (Å²) >= 11 is 2.80. The van der Waals surface area contributed by atoms with E-state index >= 15 is 0 Å². The molecule has 1 aromatic heterocycles. The minimum atomic E-state index is -0.143. The Hall–Kier alpha value is -2.84. The van der Waals surface area contributed by atoms with Crippen LogP contribution in [0.3, 0.4) is 0 Å². The first-order valence-electron chi connectivity index (χ1n) is 9.34. The number of nitrogens with zero attached hydrogens (tertiary/aromatic N) is 1. The second-order valence-corrected chi connectivity index (χ2v) is 8.31. The van der Waals surface area contributed by atoms with E-state index in [1.807, 2.05) is 24.4 Å². The van der Waals surface area contributed by atoms with Crippen molar-refractivity contribution in [1.29, 1.82) is 0 Å². The summed E-state index contributed by atoms with van der Waals surface area (Å²) < 4.78 is 11.3. The van der Waals surface area contributed by atoms with Crippen LogP contribution in [0.1, 0.15) is 23.0 Å². The molecule has 0 aliphatic heterocycles. The van der Waals surface area contributed by atoms with Crippen LogP contribution in [-0.2, 0) is 11.2 Å². The lowest BCUT2D eigenvalue weighted by Crippen LogP contribution is -2.14. The molecule has 0 bridgehead atoms. The highest BCUT2D eigenvalue weighted by molar-refractivity contribution is 8.01. The lowest BCUT2D eigenvalue weighted by molar-refractivity contribution is -0.115. The number of anilines is 1. The Kier molecular flexibility index (Phi) is 7.87. The number of ketones is 1. The average Bonchev–Trinajstić information content (AvgIpc) is 3.20. The van der Waals surface area contributed by atoms with Crippen molar-refractivity contribution in [3.05, 3.63) is 65.2 Å². The van der Waals surface area contributed by atoms with Crippen molar-refractivity contribution in [2.45, 2.75) is 17.7 Å². The fraction of sp³-hybridized carbons (Fsp3) is 0.227. The summed E-state index contributed by atoms with van der Waals surface area (Å²) in [5.74, 6) is 1.65. The van der Waals surface area contributed by atoms with Crippen molar-refractivity contribution < 1.29 is 19.1 Å². The van der Waals surface area contributed by atoms with E-state index in [4.69, 9.17) is 9.47 Å². The van der Waals surface area contributed by atoms with Gasteiger partial charge in [-0.15, -0.1) is 11.3 Å². The molecular weight excluding hydrogens is 420 g/mol. The number of thioether (sulfide) groups is 1. The summed E-state index contributed by atoms with van der Waals surface area (Å²) in [6.45, 7) is 2.52. The summed E-state index contributed by atoms with van der Waals surface area (Å²) in [6, 6.07) is 14.3. The first kappa shape index (κ1) is 21.9. The Morgan fingerprint density at radius 3 is 2.43 bits per heavy atom. The van der Waals surface area contributed by atoms with Crippen molar-refractivity contribution in [3.8, 4) is 11.5 Å². The molecule has 0 radical (unpaired) electrons. The third-order valence-electron chi connectivity index (χ3n) is 4.06. The largest absolute Gasteiger partial charge is 0.497 e. The Morgan fingerprint density at radius 2 is 1.77 bits per heavy atom. The molecule has 0 fully saturated rings. The number of rotatable bonds is 10. The highest BCUT2D eigenvalue weighted by Gasteiger charge is 2.12. The third-order valence-corrected chi connectivity index (χ3v) is 6.13. The van der Waals surface area contributed by atoms with Gasteiger partial charge in [-0.3, -0.25) is 9.59 Å². The van der Waals surface area contributed by atoms with Crippen LogP contribution in [0.2, 0.25) is 0 Å². The van der Waals surface area contributed by atoms with Crippen LogP contribution in [0.25, 0.3) is 0 Å². The van der Waals surface area contributed by atoms with Crippen molar-refractivity contribution in [2.24, 2.45) is 0 Å². The number of amides is 1. The predicted octanol–water partition coefficient (Wildman–Crippen LogP) is 4.71. The van der Waals surface area contributed by atoms with Gasteiger partial charge in [0.25, 0.3) is 0 Å². The Labute approximate surface area is 183 Å². The second kappa shape index (κ2) is 10.8. The number of ether oxygens (including phenoxy) is 2. The number of hydrogen-bond acceptors (Lipinski definition) is 7. The highest BCUT2D eigenvalue weighted by atomic mass is 32.2. The fourth-order valence-corrected chi connectivity index (χ4v) is 4.33. The van der Waals surface area contributed by atoms with Crippen LogP contribution in [-0.4, -0.2) is 36.1 Å². The van der Waals surface area contributed by atoms with E-state index in [1.54, 1.807) is 43.5 Å². The van der Waals surface area contributed by atoms with E-state index < -0.39 is 0 Å². The van der Waals surface area contributed by atoms with Crippen molar-refractivity contribution in [2.75, 3.05) is 24.8 Å². The SMILES string of the molecule is CCOc1ccc(NC(=O)Cc2csc(SCC(=O)c3ccc(OC)cc3)n2)cc1. The minimum Gasteiger partial charge on any atom is -0.497 e. The molecule has 3 rings (SSSR count). The maximum absolute atomic E-state index is 12.3. The van der Waals surface area contributed by atoms with E-state index in [2.05, 4.69) is 10.3 Å². The number of aromatic nitrogens is 1. The zero-order valence-electron chi connectivity index (χ0n) is 16.7. The highest BCUT2D eigenvalue weighted by Crippen LogP contribution is 2.24. The standard InChI is InChI=1S/C22H22N2O4S2/c1-3-28-19-10-6-16(7-11-19)23-21(26)12-17-13-29-22(24-17)30-14-20(25)15-4-8-18(27-2)9-5-15/h4-11,13H,3,12,14H2,1-2H3,(H,23,26). The van der Waals surface area contributed by atoms with Crippen LogP contribution in [0, 0.1) is 0 Å². The molecule has 0 unspecified atom stereocenters. The molecule has 1 N–H and O–H groups in total. The molecule has 1 heterocycles. The molecule has 3 aromatic rings. The number of benzene rings is 2. The number of carbonyl (C=O) groups is 2. The van der Waals surface area contributed by atoms with Crippen molar-refractivity contribution >= 4 is 40.5 Å². The van der Waals surface area contributed by atoms with Gasteiger partial charge in [0, 0.05) is 16.6 Å². The molecule has 0 spiro atoms. The van der Waals surface area contributed by atoms with Gasteiger partial charge in [-0.2, -0.15) is 0 Å². The van der Waals surface area contributed by atoms with E-state index in [1.165, 1.54) is 23.1 Å². The maximum atomic E-state index is 12.3. The molecule has 6 nitrogen and oxygen atoms in total. The van der Waals surface area contributed by atoms with Gasteiger partial charge in [0.05, 0.1) is 31.6 Å². The number of hydrogen-bond donors (Lipinski definition) is 1. The van der Waals surface area contributed by atoms with Gasteiger partial charge in [0.15, 0.2) is 10.1 Å². The van der Waals surface area contributed by atoms with Crippen LogP contribution in [0.4, 0.5) is 5.69 Å². The first-order valence-corrected chi connectivity index (χ1v) is 11.2. The maximum Gasteiger partial charge on any atom is 0.230 e. The van der Waals surface area contributed by atoms with Gasteiger partial charge in [-0.1, -0.05) is 11.8 Å². The molecule has 0 atom stereocenters. The van der Waals surface area contributed by atoms with Crippen LogP contribution in [0.15, 0.2) is 58.3 Å². The molecule has 156 valence electrons. The summed E-state index contributed by atoms with van der Waals surface area (Å²) in [4.78, 5) is 29.0. The normalized spacial score (nSPS) is 10.5. The molecular formula is C22H22N2O4S2. The van der Waals surface area contributed by atoms with Gasteiger partial charge >= 0.3 is 0 Å². The summed E-state index contributed by atoms with van der Waals surface area (Å²) in [6.07, 6.45) is 0.177. The number of methoxy groups -OCH3 is 1.